The molecule has 3 N–H and O–H groups in total. The predicted molar refractivity (Wildman–Crippen MR) is 111 cm³/mol. The Morgan fingerprint density at radius 3 is 2.38 bits per heavy atom. The lowest BCUT2D eigenvalue weighted by molar-refractivity contribution is -0.125. The van der Waals surface area contributed by atoms with Gasteiger partial charge in [-0.05, 0) is 37.1 Å². The summed E-state index contributed by atoms with van der Waals surface area (Å²) in [7, 11) is 0. The standard InChI is InChI=1S/C22H26N4O3/c27-20(25-22(29)23-14-17-8-3-1-4-9-17)16-26-13-7-10-18(15-26)21(28)24-19-11-5-2-6-12-19/h1-6,8-9,11-12,18H,7,10,13-16H2,(H,24,28)(H2,23,25,27,29). The van der Waals surface area contributed by atoms with Crippen molar-refractivity contribution in [2.45, 2.75) is 19.4 Å². The third-order valence-electron chi connectivity index (χ3n) is 4.83. The highest BCUT2D eigenvalue weighted by atomic mass is 16.2. The number of nitrogens with one attached hydrogen (secondary N) is 3. The number of nitrogens with zero attached hydrogens (tertiary/aromatic N) is 1. The quantitative estimate of drug-likeness (QED) is 0.702. The number of para-hydroxylation sites is 1. The van der Waals surface area contributed by atoms with E-state index in [0.717, 1.165) is 30.6 Å². The van der Waals surface area contributed by atoms with Gasteiger partial charge in [0.1, 0.15) is 0 Å². The summed E-state index contributed by atoms with van der Waals surface area (Å²) in [5, 5.41) is 7.94. The van der Waals surface area contributed by atoms with Crippen LogP contribution in [0.2, 0.25) is 0 Å². The van der Waals surface area contributed by atoms with Crippen molar-refractivity contribution in [2.24, 2.45) is 5.92 Å². The molecular weight excluding hydrogens is 368 g/mol. The van der Waals surface area contributed by atoms with Gasteiger partial charge < -0.3 is 10.6 Å². The van der Waals surface area contributed by atoms with Crippen LogP contribution in [0.4, 0.5) is 10.5 Å². The van der Waals surface area contributed by atoms with Crippen LogP contribution in [0.25, 0.3) is 0 Å². The molecule has 0 aromatic heterocycles. The fourth-order valence-electron chi connectivity index (χ4n) is 3.37. The van der Waals surface area contributed by atoms with Gasteiger partial charge in [0.15, 0.2) is 0 Å². The van der Waals surface area contributed by atoms with Gasteiger partial charge >= 0.3 is 6.03 Å². The number of carbonyl (C=O) groups is 3. The van der Waals surface area contributed by atoms with Crippen LogP contribution in [0, 0.1) is 5.92 Å². The smallest absolute Gasteiger partial charge is 0.321 e. The largest absolute Gasteiger partial charge is 0.334 e. The van der Waals surface area contributed by atoms with Crippen LogP contribution in [0.5, 0.6) is 0 Å². The summed E-state index contributed by atoms with van der Waals surface area (Å²) in [6.07, 6.45) is 1.62. The highest BCUT2D eigenvalue weighted by Gasteiger charge is 2.27. The Bertz CT molecular complexity index is 826. The molecule has 4 amide bonds. The summed E-state index contributed by atoms with van der Waals surface area (Å²) < 4.78 is 0. The molecule has 1 aliphatic rings. The van der Waals surface area contributed by atoms with Gasteiger partial charge in [0.2, 0.25) is 11.8 Å². The van der Waals surface area contributed by atoms with Crippen molar-refractivity contribution < 1.29 is 14.4 Å². The highest BCUT2D eigenvalue weighted by molar-refractivity contribution is 5.95. The first-order chi connectivity index (χ1) is 14.1. The first-order valence-corrected chi connectivity index (χ1v) is 9.80. The third-order valence-corrected chi connectivity index (χ3v) is 4.83. The van der Waals surface area contributed by atoms with Gasteiger partial charge in [0.05, 0.1) is 12.5 Å². The monoisotopic (exact) mass is 394 g/mol. The molecule has 1 unspecified atom stereocenters. The second-order valence-corrected chi connectivity index (χ2v) is 7.15. The SMILES string of the molecule is O=C(CN1CCCC(C(=O)Nc2ccccc2)C1)NC(=O)NCc1ccccc1. The van der Waals surface area contributed by atoms with Crippen LogP contribution in [-0.2, 0) is 16.1 Å². The molecule has 2 aromatic rings. The minimum absolute atomic E-state index is 0.0399. The zero-order valence-corrected chi connectivity index (χ0v) is 16.3. The third kappa shape index (κ3) is 6.73. The number of carbonyl (C=O) groups excluding carboxylic acids is 3. The summed E-state index contributed by atoms with van der Waals surface area (Å²) in [6, 6.07) is 18.3. The molecule has 29 heavy (non-hydrogen) atoms. The number of imide groups is 1. The van der Waals surface area contributed by atoms with Gasteiger partial charge in [0.25, 0.3) is 0 Å². The summed E-state index contributed by atoms with van der Waals surface area (Å²) in [4.78, 5) is 38.5. The van der Waals surface area contributed by atoms with Crippen molar-refractivity contribution >= 4 is 23.5 Å². The molecule has 2 aromatic carbocycles. The van der Waals surface area contributed by atoms with E-state index in [9.17, 15) is 14.4 Å². The van der Waals surface area contributed by atoms with E-state index in [1.165, 1.54) is 0 Å². The normalized spacial score (nSPS) is 16.6. The number of likely N-dealkylation sites (tertiary alicyclic amines) is 1. The first-order valence-electron chi connectivity index (χ1n) is 9.80. The highest BCUT2D eigenvalue weighted by Crippen LogP contribution is 2.18. The van der Waals surface area contributed by atoms with E-state index in [-0.39, 0.29) is 24.3 Å². The second kappa shape index (κ2) is 10.4. The molecule has 0 aliphatic carbocycles. The average molecular weight is 394 g/mol. The zero-order chi connectivity index (χ0) is 20.5. The molecule has 1 saturated heterocycles. The van der Waals surface area contributed by atoms with Crippen molar-refractivity contribution in [3.63, 3.8) is 0 Å². The van der Waals surface area contributed by atoms with Gasteiger partial charge in [-0.3, -0.25) is 19.8 Å². The average Bonchev–Trinajstić information content (AvgIpc) is 2.74. The molecule has 152 valence electrons. The molecule has 3 rings (SSSR count). The Balaban J connectivity index is 1.41. The maximum atomic E-state index is 12.5. The molecular formula is C22H26N4O3. The van der Waals surface area contributed by atoms with E-state index < -0.39 is 6.03 Å². The molecule has 0 saturated carbocycles. The zero-order valence-electron chi connectivity index (χ0n) is 16.3. The topological polar surface area (TPSA) is 90.5 Å². The number of hydrogen-bond acceptors (Lipinski definition) is 4. The Hall–Kier alpha value is -3.19. The van der Waals surface area contributed by atoms with Crippen LogP contribution < -0.4 is 16.0 Å². The van der Waals surface area contributed by atoms with Crippen molar-refractivity contribution in [1.82, 2.24) is 15.5 Å². The Labute approximate surface area is 170 Å². The van der Waals surface area contributed by atoms with Crippen LogP contribution in [0.3, 0.4) is 0 Å². The fraction of sp³-hybridized carbons (Fsp3) is 0.318. The molecule has 0 bridgehead atoms. The van der Waals surface area contributed by atoms with Gasteiger partial charge in [-0.1, -0.05) is 48.5 Å². The lowest BCUT2D eigenvalue weighted by atomic mass is 9.97. The van der Waals surface area contributed by atoms with E-state index in [4.69, 9.17) is 0 Å². The maximum absolute atomic E-state index is 12.5. The molecule has 7 nitrogen and oxygen atoms in total. The van der Waals surface area contributed by atoms with E-state index in [0.29, 0.717) is 13.1 Å². The summed E-state index contributed by atoms with van der Waals surface area (Å²) in [5.41, 5.74) is 1.72. The van der Waals surface area contributed by atoms with Crippen molar-refractivity contribution in [3.8, 4) is 0 Å². The van der Waals surface area contributed by atoms with Crippen molar-refractivity contribution in [1.29, 1.82) is 0 Å². The maximum Gasteiger partial charge on any atom is 0.321 e. The summed E-state index contributed by atoms with van der Waals surface area (Å²) in [6.45, 7) is 1.67. The molecule has 1 fully saturated rings. The lowest BCUT2D eigenvalue weighted by Gasteiger charge is -2.31. The number of rotatable bonds is 6. The Morgan fingerprint density at radius 1 is 0.966 bits per heavy atom. The van der Waals surface area contributed by atoms with E-state index in [1.54, 1.807) is 0 Å². The van der Waals surface area contributed by atoms with Crippen molar-refractivity contribution in [2.75, 3.05) is 25.0 Å². The molecule has 0 spiro atoms. The number of piperidine rings is 1. The number of hydrogen-bond donors (Lipinski definition) is 3. The molecule has 1 aliphatic heterocycles. The molecule has 1 heterocycles. The molecule has 0 radical (unpaired) electrons. The number of amides is 4. The van der Waals surface area contributed by atoms with E-state index >= 15 is 0 Å². The molecule has 7 heteroatoms. The number of benzene rings is 2. The van der Waals surface area contributed by atoms with E-state index in [1.807, 2.05) is 65.6 Å². The molecule has 1 atom stereocenters. The summed E-state index contributed by atoms with van der Waals surface area (Å²) in [5.74, 6) is -0.592. The number of urea groups is 1. The van der Waals surface area contributed by atoms with Crippen LogP contribution >= 0.6 is 0 Å². The minimum Gasteiger partial charge on any atom is -0.334 e. The lowest BCUT2D eigenvalue weighted by Crippen LogP contribution is -2.48. The number of anilines is 1. The van der Waals surface area contributed by atoms with Gasteiger partial charge in [-0.25, -0.2) is 4.79 Å². The van der Waals surface area contributed by atoms with E-state index in [2.05, 4.69) is 16.0 Å². The van der Waals surface area contributed by atoms with Gasteiger partial charge in [0, 0.05) is 18.8 Å². The Kier molecular flexibility index (Phi) is 7.35. The Morgan fingerprint density at radius 2 is 1.66 bits per heavy atom. The van der Waals surface area contributed by atoms with Crippen LogP contribution in [0.15, 0.2) is 60.7 Å². The fourth-order valence-corrected chi connectivity index (χ4v) is 3.37. The second-order valence-electron chi connectivity index (χ2n) is 7.15. The summed E-state index contributed by atoms with van der Waals surface area (Å²) >= 11 is 0. The minimum atomic E-state index is -0.519. The first kappa shape index (κ1) is 20.5. The predicted octanol–water partition coefficient (Wildman–Crippen LogP) is 2.36. The van der Waals surface area contributed by atoms with Crippen LogP contribution in [-0.4, -0.2) is 42.4 Å². The van der Waals surface area contributed by atoms with Gasteiger partial charge in [-0.15, -0.1) is 0 Å². The van der Waals surface area contributed by atoms with Gasteiger partial charge in [-0.2, -0.15) is 0 Å². The van der Waals surface area contributed by atoms with Crippen LogP contribution in [0.1, 0.15) is 18.4 Å². The van der Waals surface area contributed by atoms with Crippen molar-refractivity contribution in [3.05, 3.63) is 66.2 Å².